The van der Waals surface area contributed by atoms with Gasteiger partial charge in [0.1, 0.15) is 0 Å². The molecule has 0 spiro atoms. The van der Waals surface area contributed by atoms with E-state index in [1.165, 1.54) is 12.8 Å². The number of aliphatic hydroxyl groups excluding tert-OH is 1. The van der Waals surface area contributed by atoms with Crippen LogP contribution in [-0.4, -0.2) is 36.1 Å². The van der Waals surface area contributed by atoms with Gasteiger partial charge in [0.2, 0.25) is 0 Å². The average molecular weight is 125 g/mol. The van der Waals surface area contributed by atoms with Crippen LogP contribution < -0.4 is 0 Å². The van der Waals surface area contributed by atoms with Crippen LogP contribution in [0.1, 0.15) is 19.3 Å². The quantitative estimate of drug-likeness (QED) is 0.425. The van der Waals surface area contributed by atoms with Gasteiger partial charge in [-0.05, 0) is 19.3 Å². The third-order valence-corrected chi connectivity index (χ3v) is 2.85. The van der Waals surface area contributed by atoms with Crippen LogP contribution in [0, 0.1) is 0 Å². The van der Waals surface area contributed by atoms with Gasteiger partial charge in [0.15, 0.2) is 7.98 Å². The lowest BCUT2D eigenvalue weighted by Gasteiger charge is -2.15. The van der Waals surface area contributed by atoms with Crippen LogP contribution >= 0.6 is 0 Å². The van der Waals surface area contributed by atoms with Gasteiger partial charge >= 0.3 is 0 Å². The van der Waals surface area contributed by atoms with Gasteiger partial charge in [0, 0.05) is 12.1 Å². The average Bonchev–Trinajstić information content (AvgIpc) is 2.25. The SMILES string of the molecule is BN1C2CCC1C(O)C2. The number of aliphatic hydroxyl groups is 1. The number of nitrogens with zero attached hydrogens (tertiary/aromatic N) is 1. The highest BCUT2D eigenvalue weighted by atomic mass is 16.3. The Labute approximate surface area is 56.3 Å². The summed E-state index contributed by atoms with van der Waals surface area (Å²) in [5.74, 6) is 0. The summed E-state index contributed by atoms with van der Waals surface area (Å²) in [6, 6.07) is 1.19. The monoisotopic (exact) mass is 125 g/mol. The largest absolute Gasteiger partial charge is 0.391 e. The van der Waals surface area contributed by atoms with Gasteiger partial charge in [0.05, 0.1) is 6.10 Å². The summed E-state index contributed by atoms with van der Waals surface area (Å²) in [5, 5.41) is 9.35. The van der Waals surface area contributed by atoms with Crippen molar-refractivity contribution in [3.8, 4) is 0 Å². The topological polar surface area (TPSA) is 23.5 Å². The molecule has 0 aromatic carbocycles. The van der Waals surface area contributed by atoms with Gasteiger partial charge in [-0.3, -0.25) is 0 Å². The lowest BCUT2D eigenvalue weighted by atomic mass is 9.98. The fourth-order valence-electron chi connectivity index (χ4n) is 2.22. The van der Waals surface area contributed by atoms with Crippen molar-refractivity contribution in [2.45, 2.75) is 37.5 Å². The lowest BCUT2D eigenvalue weighted by Crippen LogP contribution is -2.29. The minimum atomic E-state index is -0.0197. The molecule has 3 atom stereocenters. The van der Waals surface area contributed by atoms with Crippen LogP contribution in [0.2, 0.25) is 0 Å². The van der Waals surface area contributed by atoms with E-state index < -0.39 is 0 Å². The molecule has 0 aromatic rings. The molecule has 2 saturated heterocycles. The molecule has 2 bridgehead atoms. The molecule has 50 valence electrons. The minimum absolute atomic E-state index is 0.0197. The molecular formula is C6H12BNO. The van der Waals surface area contributed by atoms with Crippen LogP contribution in [0.15, 0.2) is 0 Å². The molecule has 0 aliphatic carbocycles. The molecule has 0 radical (unpaired) electrons. The Morgan fingerprint density at radius 1 is 1.44 bits per heavy atom. The van der Waals surface area contributed by atoms with E-state index in [0.29, 0.717) is 12.1 Å². The normalized spacial score (nSPS) is 50.6. The van der Waals surface area contributed by atoms with Crippen molar-refractivity contribution >= 4 is 7.98 Å². The summed E-state index contributed by atoms with van der Waals surface area (Å²) >= 11 is 0. The van der Waals surface area contributed by atoms with Gasteiger partial charge in [-0.15, -0.1) is 0 Å². The van der Waals surface area contributed by atoms with E-state index in [-0.39, 0.29) is 6.10 Å². The maximum atomic E-state index is 9.35. The summed E-state index contributed by atoms with van der Waals surface area (Å²) in [5.41, 5.74) is 0. The van der Waals surface area contributed by atoms with E-state index in [9.17, 15) is 5.11 Å². The van der Waals surface area contributed by atoms with Crippen molar-refractivity contribution in [1.82, 2.24) is 4.81 Å². The molecular weight excluding hydrogens is 113 g/mol. The number of fused-ring (bicyclic) bond motifs is 2. The molecule has 1 N–H and O–H groups in total. The van der Waals surface area contributed by atoms with E-state index in [0.717, 1.165) is 6.42 Å². The van der Waals surface area contributed by atoms with E-state index in [1.54, 1.807) is 0 Å². The first-order valence-corrected chi connectivity index (χ1v) is 3.69. The Kier molecular flexibility index (Phi) is 1.11. The zero-order valence-corrected chi connectivity index (χ0v) is 5.75. The smallest absolute Gasteiger partial charge is 0.186 e. The van der Waals surface area contributed by atoms with Crippen molar-refractivity contribution in [1.29, 1.82) is 0 Å². The number of hydrogen-bond acceptors (Lipinski definition) is 2. The zero-order chi connectivity index (χ0) is 6.43. The van der Waals surface area contributed by atoms with Crippen molar-refractivity contribution < 1.29 is 5.11 Å². The Bertz CT molecular complexity index is 130. The molecule has 9 heavy (non-hydrogen) atoms. The fraction of sp³-hybridized carbons (Fsp3) is 1.00. The van der Waals surface area contributed by atoms with E-state index in [1.807, 2.05) is 0 Å². The molecule has 2 aliphatic rings. The summed E-state index contributed by atoms with van der Waals surface area (Å²) in [6.07, 6.45) is 3.51. The van der Waals surface area contributed by atoms with Crippen molar-refractivity contribution in [2.24, 2.45) is 0 Å². The second-order valence-electron chi connectivity index (χ2n) is 3.27. The molecule has 2 fully saturated rings. The highest BCUT2D eigenvalue weighted by Gasteiger charge is 2.42. The first-order chi connectivity index (χ1) is 4.29. The second-order valence-corrected chi connectivity index (χ2v) is 3.27. The van der Waals surface area contributed by atoms with Crippen LogP contribution in [-0.2, 0) is 0 Å². The van der Waals surface area contributed by atoms with Gasteiger partial charge in [-0.2, -0.15) is 0 Å². The predicted octanol–water partition coefficient (Wildman–Crippen LogP) is -0.868. The van der Waals surface area contributed by atoms with Crippen molar-refractivity contribution in [3.05, 3.63) is 0 Å². The lowest BCUT2D eigenvalue weighted by molar-refractivity contribution is 0.137. The first-order valence-electron chi connectivity index (χ1n) is 3.69. The fourth-order valence-corrected chi connectivity index (χ4v) is 2.22. The van der Waals surface area contributed by atoms with Gasteiger partial charge in [-0.25, -0.2) is 0 Å². The molecule has 3 unspecified atom stereocenters. The Hall–Kier alpha value is -0.0151. The molecule has 0 saturated carbocycles. The highest BCUT2D eigenvalue weighted by molar-refractivity contribution is 6.05. The summed E-state index contributed by atoms with van der Waals surface area (Å²) in [7, 11) is 2.12. The minimum Gasteiger partial charge on any atom is -0.391 e. The zero-order valence-electron chi connectivity index (χ0n) is 5.75. The highest BCUT2D eigenvalue weighted by Crippen LogP contribution is 2.35. The van der Waals surface area contributed by atoms with Crippen LogP contribution in [0.25, 0.3) is 0 Å². The Morgan fingerprint density at radius 3 is 2.44 bits per heavy atom. The molecule has 2 nitrogen and oxygen atoms in total. The maximum Gasteiger partial charge on any atom is 0.186 e. The third kappa shape index (κ3) is 0.649. The predicted molar refractivity (Wildman–Crippen MR) is 37.8 cm³/mol. The molecule has 0 amide bonds. The number of hydrogen-bond donors (Lipinski definition) is 1. The summed E-state index contributed by atoms with van der Waals surface area (Å²) in [4.78, 5) is 2.32. The molecule has 2 aliphatic heterocycles. The first kappa shape index (κ1) is 5.75. The summed E-state index contributed by atoms with van der Waals surface area (Å²) < 4.78 is 0. The van der Waals surface area contributed by atoms with Gasteiger partial charge in [0.25, 0.3) is 0 Å². The molecule has 2 heterocycles. The summed E-state index contributed by atoms with van der Waals surface area (Å²) in [6.45, 7) is 0. The Morgan fingerprint density at radius 2 is 2.22 bits per heavy atom. The van der Waals surface area contributed by atoms with Gasteiger partial charge < -0.3 is 9.92 Å². The Balaban J connectivity index is 2.16. The standard InChI is InChI=1S/C6H12BNO/c7-8-4-1-2-5(8)6(9)3-4/h4-6,9H,1-3,7H2. The molecule has 0 aromatic heterocycles. The third-order valence-electron chi connectivity index (χ3n) is 2.85. The van der Waals surface area contributed by atoms with E-state index >= 15 is 0 Å². The second kappa shape index (κ2) is 1.73. The maximum absolute atomic E-state index is 9.35. The number of rotatable bonds is 0. The van der Waals surface area contributed by atoms with Crippen molar-refractivity contribution in [3.63, 3.8) is 0 Å². The molecule has 3 heteroatoms. The van der Waals surface area contributed by atoms with Crippen molar-refractivity contribution in [2.75, 3.05) is 0 Å². The van der Waals surface area contributed by atoms with E-state index in [4.69, 9.17) is 0 Å². The van der Waals surface area contributed by atoms with Crippen LogP contribution in [0.5, 0.6) is 0 Å². The van der Waals surface area contributed by atoms with Gasteiger partial charge in [-0.1, -0.05) is 0 Å². The van der Waals surface area contributed by atoms with Crippen LogP contribution in [0.4, 0.5) is 0 Å². The van der Waals surface area contributed by atoms with E-state index in [2.05, 4.69) is 12.8 Å². The van der Waals surface area contributed by atoms with Crippen LogP contribution in [0.3, 0.4) is 0 Å². The molecule has 2 rings (SSSR count).